The Hall–Kier alpha value is -2.58. The molecule has 0 unspecified atom stereocenters. The van der Waals surface area contributed by atoms with Crippen LogP contribution in [0, 0.1) is 12.7 Å². The number of aryl methyl sites for hydroxylation is 1. The molecule has 0 aliphatic carbocycles. The summed E-state index contributed by atoms with van der Waals surface area (Å²) in [4.78, 5) is 0. The SMILES string of the molecule is Cc1cccc(-c2nnc(CNS(=O)(=O)Cc3ccc(F)cc3)o2)c1. The first kappa shape index (κ1) is 17.2. The molecule has 1 aromatic heterocycles. The lowest BCUT2D eigenvalue weighted by molar-refractivity contribution is 0.494. The highest BCUT2D eigenvalue weighted by Gasteiger charge is 2.15. The zero-order chi connectivity index (χ0) is 17.9. The van der Waals surface area contributed by atoms with E-state index in [9.17, 15) is 12.8 Å². The number of hydrogen-bond donors (Lipinski definition) is 1. The maximum absolute atomic E-state index is 12.9. The number of nitrogens with one attached hydrogen (secondary N) is 1. The Morgan fingerprint density at radius 2 is 1.88 bits per heavy atom. The summed E-state index contributed by atoms with van der Waals surface area (Å²) in [6.45, 7) is 1.84. The molecule has 0 aliphatic rings. The van der Waals surface area contributed by atoms with Gasteiger partial charge in [-0.2, -0.15) is 0 Å². The largest absolute Gasteiger partial charge is 0.419 e. The number of aromatic nitrogens is 2. The third-order valence-corrected chi connectivity index (χ3v) is 4.74. The Labute approximate surface area is 144 Å². The minimum atomic E-state index is -3.61. The molecule has 0 amide bonds. The van der Waals surface area contributed by atoms with Crippen LogP contribution in [0.1, 0.15) is 17.0 Å². The van der Waals surface area contributed by atoms with Gasteiger partial charge in [0.2, 0.25) is 21.8 Å². The predicted octanol–water partition coefficient (Wildman–Crippen LogP) is 2.80. The van der Waals surface area contributed by atoms with Gasteiger partial charge in [-0.1, -0.05) is 29.8 Å². The number of nitrogens with zero attached hydrogens (tertiary/aromatic N) is 2. The summed E-state index contributed by atoms with van der Waals surface area (Å²) in [5, 5.41) is 7.78. The highest BCUT2D eigenvalue weighted by Crippen LogP contribution is 2.18. The van der Waals surface area contributed by atoms with Gasteiger partial charge in [-0.3, -0.25) is 0 Å². The van der Waals surface area contributed by atoms with Crippen LogP contribution < -0.4 is 4.72 Å². The molecule has 6 nitrogen and oxygen atoms in total. The zero-order valence-corrected chi connectivity index (χ0v) is 14.3. The maximum Gasteiger partial charge on any atom is 0.247 e. The van der Waals surface area contributed by atoms with Crippen LogP contribution in [0.25, 0.3) is 11.5 Å². The van der Waals surface area contributed by atoms with Crippen LogP contribution in [0.5, 0.6) is 0 Å². The molecule has 130 valence electrons. The van der Waals surface area contributed by atoms with Crippen LogP contribution in [0.4, 0.5) is 4.39 Å². The van der Waals surface area contributed by atoms with Gasteiger partial charge in [0.15, 0.2) is 0 Å². The van der Waals surface area contributed by atoms with Gasteiger partial charge in [0.1, 0.15) is 5.82 Å². The van der Waals surface area contributed by atoms with E-state index >= 15 is 0 Å². The second kappa shape index (κ2) is 7.12. The van der Waals surface area contributed by atoms with Crippen molar-refractivity contribution in [3.63, 3.8) is 0 Å². The monoisotopic (exact) mass is 361 g/mol. The molecular weight excluding hydrogens is 345 g/mol. The van der Waals surface area contributed by atoms with E-state index in [1.807, 2.05) is 31.2 Å². The normalized spacial score (nSPS) is 11.6. The number of benzene rings is 2. The van der Waals surface area contributed by atoms with E-state index < -0.39 is 15.8 Å². The Morgan fingerprint density at radius 3 is 2.60 bits per heavy atom. The average Bonchev–Trinajstić information content (AvgIpc) is 3.04. The van der Waals surface area contributed by atoms with Gasteiger partial charge in [-0.15, -0.1) is 10.2 Å². The minimum Gasteiger partial charge on any atom is -0.419 e. The first-order valence-electron chi connectivity index (χ1n) is 7.52. The molecule has 1 heterocycles. The summed E-state index contributed by atoms with van der Waals surface area (Å²) in [6, 6.07) is 12.9. The van der Waals surface area contributed by atoms with Gasteiger partial charge in [0.05, 0.1) is 12.3 Å². The molecule has 0 saturated heterocycles. The second-order valence-corrected chi connectivity index (χ2v) is 7.38. The molecule has 0 fully saturated rings. The lowest BCUT2D eigenvalue weighted by Crippen LogP contribution is -2.24. The van der Waals surface area contributed by atoms with Crippen molar-refractivity contribution < 1.29 is 17.2 Å². The Balaban J connectivity index is 1.64. The van der Waals surface area contributed by atoms with E-state index in [0.717, 1.165) is 11.1 Å². The molecule has 0 radical (unpaired) electrons. The lowest BCUT2D eigenvalue weighted by Gasteiger charge is -2.04. The number of halogens is 1. The molecule has 0 atom stereocenters. The first-order chi connectivity index (χ1) is 11.9. The van der Waals surface area contributed by atoms with Gasteiger partial charge in [0.25, 0.3) is 0 Å². The van der Waals surface area contributed by atoms with E-state index in [1.54, 1.807) is 0 Å². The van der Waals surface area contributed by atoms with Crippen LogP contribution in [0.3, 0.4) is 0 Å². The van der Waals surface area contributed by atoms with Crippen LogP contribution in [0.2, 0.25) is 0 Å². The third-order valence-electron chi connectivity index (χ3n) is 3.45. The molecule has 0 bridgehead atoms. The summed E-state index contributed by atoms with van der Waals surface area (Å²) >= 11 is 0. The van der Waals surface area contributed by atoms with Gasteiger partial charge in [-0.25, -0.2) is 17.5 Å². The highest BCUT2D eigenvalue weighted by molar-refractivity contribution is 7.88. The molecule has 0 spiro atoms. The molecule has 0 saturated carbocycles. The van der Waals surface area contributed by atoms with Crippen molar-refractivity contribution in [3.05, 3.63) is 71.4 Å². The zero-order valence-electron chi connectivity index (χ0n) is 13.4. The smallest absolute Gasteiger partial charge is 0.247 e. The first-order valence-corrected chi connectivity index (χ1v) is 9.18. The van der Waals surface area contributed by atoms with E-state index in [2.05, 4.69) is 14.9 Å². The van der Waals surface area contributed by atoms with Crippen molar-refractivity contribution in [2.75, 3.05) is 0 Å². The van der Waals surface area contributed by atoms with Crippen molar-refractivity contribution in [2.45, 2.75) is 19.2 Å². The van der Waals surface area contributed by atoms with E-state index in [4.69, 9.17) is 4.42 Å². The van der Waals surface area contributed by atoms with Crippen molar-refractivity contribution >= 4 is 10.0 Å². The summed E-state index contributed by atoms with van der Waals surface area (Å²) < 4.78 is 44.9. The van der Waals surface area contributed by atoms with Gasteiger partial charge >= 0.3 is 0 Å². The Kier molecular flexibility index (Phi) is 4.91. The molecule has 3 aromatic rings. The molecule has 3 rings (SSSR count). The van der Waals surface area contributed by atoms with E-state index in [0.29, 0.717) is 11.5 Å². The minimum absolute atomic E-state index is 0.109. The van der Waals surface area contributed by atoms with Crippen molar-refractivity contribution in [1.82, 2.24) is 14.9 Å². The molecule has 8 heteroatoms. The summed E-state index contributed by atoms with van der Waals surface area (Å²) in [5.74, 6) is -0.175. The topological polar surface area (TPSA) is 85.1 Å². The van der Waals surface area contributed by atoms with Crippen LogP contribution in [-0.4, -0.2) is 18.6 Å². The number of hydrogen-bond acceptors (Lipinski definition) is 5. The summed E-state index contributed by atoms with van der Waals surface area (Å²) in [5.41, 5.74) is 2.31. The average molecular weight is 361 g/mol. The van der Waals surface area contributed by atoms with Gasteiger partial charge in [-0.05, 0) is 36.8 Å². The molecule has 1 N–H and O–H groups in total. The molecular formula is C17H16FN3O3S. The van der Waals surface area contributed by atoms with Gasteiger partial charge in [0, 0.05) is 5.56 Å². The lowest BCUT2D eigenvalue weighted by atomic mass is 10.1. The fourth-order valence-electron chi connectivity index (χ4n) is 2.24. The highest BCUT2D eigenvalue weighted by atomic mass is 32.2. The standard InChI is InChI=1S/C17H16FN3O3S/c1-12-3-2-4-14(9-12)17-21-20-16(24-17)10-19-25(22,23)11-13-5-7-15(18)8-6-13/h2-9,19H,10-11H2,1H3. The molecule has 25 heavy (non-hydrogen) atoms. The third kappa shape index (κ3) is 4.71. The summed E-state index contributed by atoms with van der Waals surface area (Å²) in [6.07, 6.45) is 0. The fraction of sp³-hybridized carbons (Fsp3) is 0.176. The quantitative estimate of drug-likeness (QED) is 0.730. The van der Waals surface area contributed by atoms with Crippen LogP contribution in [0.15, 0.2) is 52.9 Å². The van der Waals surface area contributed by atoms with Crippen molar-refractivity contribution in [2.24, 2.45) is 0 Å². The summed E-state index contributed by atoms with van der Waals surface area (Å²) in [7, 11) is -3.61. The fourth-order valence-corrected chi connectivity index (χ4v) is 3.32. The molecule has 2 aromatic carbocycles. The van der Waals surface area contributed by atoms with Crippen LogP contribution >= 0.6 is 0 Å². The Morgan fingerprint density at radius 1 is 1.12 bits per heavy atom. The van der Waals surface area contributed by atoms with Gasteiger partial charge < -0.3 is 4.42 Å². The predicted molar refractivity (Wildman–Crippen MR) is 90.3 cm³/mol. The molecule has 0 aliphatic heterocycles. The number of sulfonamides is 1. The maximum atomic E-state index is 12.9. The van der Waals surface area contributed by atoms with E-state index in [1.165, 1.54) is 24.3 Å². The van der Waals surface area contributed by atoms with E-state index in [-0.39, 0.29) is 18.2 Å². The Bertz CT molecular complexity index is 969. The van der Waals surface area contributed by atoms with Crippen molar-refractivity contribution in [1.29, 1.82) is 0 Å². The second-order valence-electron chi connectivity index (χ2n) is 5.58. The van der Waals surface area contributed by atoms with Crippen molar-refractivity contribution in [3.8, 4) is 11.5 Å². The number of rotatable bonds is 6. The van der Waals surface area contributed by atoms with Crippen LogP contribution in [-0.2, 0) is 22.3 Å².